The number of carbonyl (C=O) groups is 1. The Labute approximate surface area is 90.6 Å². The van der Waals surface area contributed by atoms with Crippen molar-refractivity contribution in [2.45, 2.75) is 25.8 Å². The Morgan fingerprint density at radius 2 is 2.43 bits per heavy atom. The van der Waals surface area contributed by atoms with E-state index in [4.69, 9.17) is 0 Å². The fourth-order valence-electron chi connectivity index (χ4n) is 1.58. The van der Waals surface area contributed by atoms with Crippen LogP contribution < -0.4 is 5.32 Å². The number of nitrogens with one attached hydrogen (secondary N) is 1. The maximum Gasteiger partial charge on any atom is 0.223 e. The van der Waals surface area contributed by atoms with Gasteiger partial charge in [-0.05, 0) is 6.42 Å². The summed E-state index contributed by atoms with van der Waals surface area (Å²) < 4.78 is 0. The van der Waals surface area contributed by atoms with E-state index in [9.17, 15) is 4.79 Å². The third kappa shape index (κ3) is 3.88. The van der Waals surface area contributed by atoms with Crippen LogP contribution in [0.4, 0.5) is 0 Å². The van der Waals surface area contributed by atoms with Gasteiger partial charge in [0.2, 0.25) is 5.91 Å². The third-order valence-corrected chi connectivity index (χ3v) is 3.54. The summed E-state index contributed by atoms with van der Waals surface area (Å²) in [6.07, 6.45) is 1.69. The Morgan fingerprint density at radius 1 is 1.64 bits per heavy atom. The standard InChI is InChI=1S/C10H20N2OS/c1-3-5-12(2)10(13)7-9-8-14-6-4-11-9/h9,11H,3-8H2,1-2H3. The Hall–Kier alpha value is -0.220. The zero-order valence-electron chi connectivity index (χ0n) is 9.08. The summed E-state index contributed by atoms with van der Waals surface area (Å²) in [6.45, 7) is 4.01. The van der Waals surface area contributed by atoms with Gasteiger partial charge in [-0.25, -0.2) is 0 Å². The summed E-state index contributed by atoms with van der Waals surface area (Å²) in [5.41, 5.74) is 0. The van der Waals surface area contributed by atoms with E-state index in [2.05, 4.69) is 12.2 Å². The Bertz CT molecular complexity index is 181. The van der Waals surface area contributed by atoms with Crippen molar-refractivity contribution in [1.29, 1.82) is 0 Å². The molecule has 0 aliphatic carbocycles. The van der Waals surface area contributed by atoms with Gasteiger partial charge in [0, 0.05) is 44.1 Å². The van der Waals surface area contributed by atoms with Gasteiger partial charge >= 0.3 is 0 Å². The molecule has 82 valence electrons. The molecule has 0 aromatic carbocycles. The number of amides is 1. The predicted octanol–water partition coefficient (Wildman–Crippen LogP) is 0.950. The Balaban J connectivity index is 2.24. The molecule has 1 rings (SSSR count). The summed E-state index contributed by atoms with van der Waals surface area (Å²) >= 11 is 1.94. The fourth-order valence-corrected chi connectivity index (χ4v) is 2.53. The molecule has 14 heavy (non-hydrogen) atoms. The molecule has 3 nitrogen and oxygen atoms in total. The average Bonchev–Trinajstić information content (AvgIpc) is 2.19. The Morgan fingerprint density at radius 3 is 3.00 bits per heavy atom. The maximum absolute atomic E-state index is 11.7. The minimum atomic E-state index is 0.270. The van der Waals surface area contributed by atoms with Gasteiger partial charge in [0.25, 0.3) is 0 Å². The van der Waals surface area contributed by atoms with Gasteiger partial charge in [-0.1, -0.05) is 6.92 Å². The minimum Gasteiger partial charge on any atom is -0.346 e. The summed E-state index contributed by atoms with van der Waals surface area (Å²) in [4.78, 5) is 13.5. The largest absolute Gasteiger partial charge is 0.346 e. The summed E-state index contributed by atoms with van der Waals surface area (Å²) in [7, 11) is 1.89. The van der Waals surface area contributed by atoms with Gasteiger partial charge in [-0.15, -0.1) is 0 Å². The van der Waals surface area contributed by atoms with Gasteiger partial charge in [-0.3, -0.25) is 4.79 Å². The minimum absolute atomic E-state index is 0.270. The van der Waals surface area contributed by atoms with Crippen molar-refractivity contribution in [3.63, 3.8) is 0 Å². The zero-order valence-corrected chi connectivity index (χ0v) is 9.90. The van der Waals surface area contributed by atoms with Gasteiger partial charge < -0.3 is 10.2 Å². The molecule has 1 fully saturated rings. The molecule has 1 aliphatic rings. The van der Waals surface area contributed by atoms with E-state index in [-0.39, 0.29) is 5.91 Å². The van der Waals surface area contributed by atoms with Gasteiger partial charge in [0.1, 0.15) is 0 Å². The number of hydrogen-bond donors (Lipinski definition) is 1. The number of carbonyl (C=O) groups excluding carboxylic acids is 1. The topological polar surface area (TPSA) is 32.3 Å². The van der Waals surface area contributed by atoms with Crippen LogP contribution in [-0.4, -0.2) is 48.5 Å². The first-order valence-electron chi connectivity index (χ1n) is 5.29. The fraction of sp³-hybridized carbons (Fsp3) is 0.900. The molecule has 0 bridgehead atoms. The van der Waals surface area contributed by atoms with E-state index in [0.29, 0.717) is 12.5 Å². The monoisotopic (exact) mass is 216 g/mol. The van der Waals surface area contributed by atoms with Gasteiger partial charge in [-0.2, -0.15) is 11.8 Å². The van der Waals surface area contributed by atoms with Crippen molar-refractivity contribution in [3.8, 4) is 0 Å². The first kappa shape index (κ1) is 11.9. The zero-order chi connectivity index (χ0) is 10.4. The van der Waals surface area contributed by atoms with Crippen LogP contribution in [0.2, 0.25) is 0 Å². The molecule has 1 atom stereocenters. The molecule has 4 heteroatoms. The predicted molar refractivity (Wildman–Crippen MR) is 61.7 cm³/mol. The van der Waals surface area contributed by atoms with Crippen molar-refractivity contribution in [1.82, 2.24) is 10.2 Å². The van der Waals surface area contributed by atoms with Crippen LogP contribution in [0.25, 0.3) is 0 Å². The van der Waals surface area contributed by atoms with Crippen LogP contribution in [0.5, 0.6) is 0 Å². The molecule has 0 aromatic rings. The van der Waals surface area contributed by atoms with E-state index in [1.165, 1.54) is 5.75 Å². The molecule has 0 aromatic heterocycles. The third-order valence-electron chi connectivity index (χ3n) is 2.40. The normalized spacial score (nSPS) is 22.0. The molecule has 1 heterocycles. The molecular weight excluding hydrogens is 196 g/mol. The van der Waals surface area contributed by atoms with Gasteiger partial charge in [0.15, 0.2) is 0 Å². The van der Waals surface area contributed by atoms with E-state index in [0.717, 1.165) is 25.3 Å². The van der Waals surface area contributed by atoms with Crippen molar-refractivity contribution in [3.05, 3.63) is 0 Å². The molecule has 1 aliphatic heterocycles. The van der Waals surface area contributed by atoms with Crippen molar-refractivity contribution < 1.29 is 4.79 Å². The first-order valence-corrected chi connectivity index (χ1v) is 6.44. The van der Waals surface area contributed by atoms with E-state index in [1.807, 2.05) is 23.7 Å². The highest BCUT2D eigenvalue weighted by atomic mass is 32.2. The van der Waals surface area contributed by atoms with Crippen molar-refractivity contribution in [2.24, 2.45) is 0 Å². The summed E-state index contributed by atoms with van der Waals surface area (Å²) in [5.74, 6) is 2.52. The molecular formula is C10H20N2OS. The summed E-state index contributed by atoms with van der Waals surface area (Å²) in [5, 5.41) is 3.38. The van der Waals surface area contributed by atoms with Crippen LogP contribution in [0, 0.1) is 0 Å². The van der Waals surface area contributed by atoms with E-state index >= 15 is 0 Å². The number of hydrogen-bond acceptors (Lipinski definition) is 3. The van der Waals surface area contributed by atoms with Crippen LogP contribution in [0.1, 0.15) is 19.8 Å². The van der Waals surface area contributed by atoms with Gasteiger partial charge in [0.05, 0.1) is 0 Å². The SMILES string of the molecule is CCCN(C)C(=O)CC1CSCCN1. The quantitative estimate of drug-likeness (QED) is 0.759. The number of nitrogens with zero attached hydrogens (tertiary/aromatic N) is 1. The average molecular weight is 216 g/mol. The second-order valence-corrected chi connectivity index (χ2v) is 4.90. The van der Waals surface area contributed by atoms with Crippen LogP contribution in [-0.2, 0) is 4.79 Å². The van der Waals surface area contributed by atoms with Crippen LogP contribution in [0.3, 0.4) is 0 Å². The first-order chi connectivity index (χ1) is 6.74. The lowest BCUT2D eigenvalue weighted by Gasteiger charge is -2.25. The lowest BCUT2D eigenvalue weighted by molar-refractivity contribution is -0.130. The van der Waals surface area contributed by atoms with Crippen LogP contribution >= 0.6 is 11.8 Å². The highest BCUT2D eigenvalue weighted by Gasteiger charge is 2.18. The molecule has 1 amide bonds. The Kier molecular flexibility index (Phi) is 5.33. The molecule has 1 unspecified atom stereocenters. The maximum atomic E-state index is 11.7. The highest BCUT2D eigenvalue weighted by Crippen LogP contribution is 2.11. The highest BCUT2D eigenvalue weighted by molar-refractivity contribution is 7.99. The van der Waals surface area contributed by atoms with E-state index in [1.54, 1.807) is 0 Å². The van der Waals surface area contributed by atoms with Crippen molar-refractivity contribution >= 4 is 17.7 Å². The molecule has 1 saturated heterocycles. The molecule has 0 spiro atoms. The lowest BCUT2D eigenvalue weighted by Crippen LogP contribution is -2.41. The molecule has 0 saturated carbocycles. The molecule has 1 N–H and O–H groups in total. The number of thioether (sulfide) groups is 1. The van der Waals surface area contributed by atoms with E-state index < -0.39 is 0 Å². The molecule has 0 radical (unpaired) electrons. The van der Waals surface area contributed by atoms with Crippen molar-refractivity contribution in [2.75, 3.05) is 31.6 Å². The number of rotatable bonds is 4. The smallest absolute Gasteiger partial charge is 0.223 e. The van der Waals surface area contributed by atoms with Crippen LogP contribution in [0.15, 0.2) is 0 Å². The lowest BCUT2D eigenvalue weighted by atomic mass is 10.2. The summed E-state index contributed by atoms with van der Waals surface area (Å²) in [6, 6.07) is 0.389. The second-order valence-electron chi connectivity index (χ2n) is 3.75. The second kappa shape index (κ2) is 6.30.